The number of nitrogens with one attached hydrogen (secondary N) is 1. The van der Waals surface area contributed by atoms with Gasteiger partial charge in [-0.25, -0.2) is 4.39 Å². The molecular formula is C9H11FN2O2. The lowest BCUT2D eigenvalue weighted by molar-refractivity contribution is -0.136. The average molecular weight is 198 g/mol. The number of anilines is 2. The lowest BCUT2D eigenvalue weighted by Crippen LogP contribution is -2.08. The average Bonchev–Trinajstić information content (AvgIpc) is 2.08. The zero-order valence-corrected chi connectivity index (χ0v) is 7.46. The van der Waals surface area contributed by atoms with Crippen molar-refractivity contribution in [1.29, 1.82) is 0 Å². The van der Waals surface area contributed by atoms with Crippen LogP contribution in [0.15, 0.2) is 18.2 Å². The third-order valence-corrected chi connectivity index (χ3v) is 1.67. The van der Waals surface area contributed by atoms with Crippen LogP contribution in [0.3, 0.4) is 0 Å². The number of nitrogen functional groups attached to an aromatic ring is 1. The third-order valence-electron chi connectivity index (χ3n) is 1.67. The summed E-state index contributed by atoms with van der Waals surface area (Å²) in [4.78, 5) is 10.2. The van der Waals surface area contributed by atoms with Crippen molar-refractivity contribution in [2.75, 3.05) is 17.6 Å². The van der Waals surface area contributed by atoms with Crippen molar-refractivity contribution < 1.29 is 14.3 Å². The van der Waals surface area contributed by atoms with Gasteiger partial charge < -0.3 is 16.2 Å². The minimum absolute atomic E-state index is 0.00316. The molecule has 5 heteroatoms. The molecule has 0 fully saturated rings. The van der Waals surface area contributed by atoms with Crippen LogP contribution < -0.4 is 11.1 Å². The number of hydrogen-bond donors (Lipinski definition) is 3. The van der Waals surface area contributed by atoms with Crippen molar-refractivity contribution in [1.82, 2.24) is 0 Å². The highest BCUT2D eigenvalue weighted by molar-refractivity contribution is 5.69. The predicted molar refractivity (Wildman–Crippen MR) is 51.6 cm³/mol. The summed E-state index contributed by atoms with van der Waals surface area (Å²) in [6, 6.07) is 3.93. The normalized spacial score (nSPS) is 9.79. The van der Waals surface area contributed by atoms with Gasteiger partial charge in [0.25, 0.3) is 0 Å². The Morgan fingerprint density at radius 2 is 2.29 bits per heavy atom. The van der Waals surface area contributed by atoms with Gasteiger partial charge in [-0.05, 0) is 18.2 Å². The molecule has 4 N–H and O–H groups in total. The fraction of sp³-hybridized carbons (Fsp3) is 0.222. The van der Waals surface area contributed by atoms with E-state index >= 15 is 0 Å². The lowest BCUT2D eigenvalue weighted by atomic mass is 10.2. The molecule has 0 aromatic heterocycles. The number of hydrogen-bond acceptors (Lipinski definition) is 3. The van der Waals surface area contributed by atoms with Crippen LogP contribution in [0.5, 0.6) is 0 Å². The van der Waals surface area contributed by atoms with Gasteiger partial charge in [-0.1, -0.05) is 0 Å². The summed E-state index contributed by atoms with van der Waals surface area (Å²) in [6.45, 7) is 0.269. The van der Waals surface area contributed by atoms with Crippen LogP contribution in [-0.4, -0.2) is 17.6 Å². The molecule has 0 aliphatic heterocycles. The smallest absolute Gasteiger partial charge is 0.305 e. The first kappa shape index (κ1) is 10.3. The Bertz CT molecular complexity index is 342. The van der Waals surface area contributed by atoms with Crippen molar-refractivity contribution in [3.8, 4) is 0 Å². The molecule has 0 aliphatic carbocycles. The number of nitrogens with two attached hydrogens (primary N) is 1. The molecule has 0 bridgehead atoms. The molecule has 0 unspecified atom stereocenters. The number of rotatable bonds is 4. The van der Waals surface area contributed by atoms with E-state index in [0.29, 0.717) is 5.69 Å². The van der Waals surface area contributed by atoms with Gasteiger partial charge in [-0.3, -0.25) is 4.79 Å². The van der Waals surface area contributed by atoms with Crippen molar-refractivity contribution >= 4 is 17.3 Å². The molecular weight excluding hydrogens is 187 g/mol. The molecule has 0 heterocycles. The van der Waals surface area contributed by atoms with Crippen LogP contribution >= 0.6 is 0 Å². The zero-order valence-electron chi connectivity index (χ0n) is 7.46. The van der Waals surface area contributed by atoms with Gasteiger partial charge in [0.1, 0.15) is 5.82 Å². The van der Waals surface area contributed by atoms with Crippen molar-refractivity contribution in [3.05, 3.63) is 24.0 Å². The van der Waals surface area contributed by atoms with Gasteiger partial charge in [0.15, 0.2) is 0 Å². The van der Waals surface area contributed by atoms with E-state index in [4.69, 9.17) is 10.8 Å². The monoisotopic (exact) mass is 198 g/mol. The van der Waals surface area contributed by atoms with Crippen LogP contribution in [0.25, 0.3) is 0 Å². The Morgan fingerprint density at radius 1 is 1.57 bits per heavy atom. The summed E-state index contributed by atoms with van der Waals surface area (Å²) in [5, 5.41) is 11.2. The van der Waals surface area contributed by atoms with E-state index in [2.05, 4.69) is 5.32 Å². The largest absolute Gasteiger partial charge is 0.481 e. The van der Waals surface area contributed by atoms with Gasteiger partial charge in [0.05, 0.1) is 17.8 Å². The first-order valence-electron chi connectivity index (χ1n) is 4.10. The van der Waals surface area contributed by atoms with Crippen molar-refractivity contribution in [2.24, 2.45) is 0 Å². The van der Waals surface area contributed by atoms with E-state index in [9.17, 15) is 9.18 Å². The van der Waals surface area contributed by atoms with E-state index in [1.54, 1.807) is 0 Å². The Labute approximate surface area is 80.5 Å². The maximum atomic E-state index is 12.6. The Hall–Kier alpha value is -1.78. The van der Waals surface area contributed by atoms with E-state index < -0.39 is 11.8 Å². The Morgan fingerprint density at radius 3 is 2.86 bits per heavy atom. The molecule has 1 rings (SSSR count). The first-order chi connectivity index (χ1) is 6.59. The molecule has 0 atom stereocenters. The topological polar surface area (TPSA) is 75.3 Å². The third kappa shape index (κ3) is 2.93. The highest BCUT2D eigenvalue weighted by atomic mass is 19.1. The van der Waals surface area contributed by atoms with E-state index in [-0.39, 0.29) is 18.7 Å². The van der Waals surface area contributed by atoms with Crippen molar-refractivity contribution in [2.45, 2.75) is 6.42 Å². The number of carboxylic acids is 1. The predicted octanol–water partition coefficient (Wildman–Crippen LogP) is 1.29. The van der Waals surface area contributed by atoms with Gasteiger partial charge in [-0.15, -0.1) is 0 Å². The summed E-state index contributed by atoms with van der Waals surface area (Å²) < 4.78 is 12.6. The molecule has 4 nitrogen and oxygen atoms in total. The highest BCUT2D eigenvalue weighted by Crippen LogP contribution is 2.18. The van der Waals surface area contributed by atoms with Crippen LogP contribution in [0.2, 0.25) is 0 Å². The summed E-state index contributed by atoms with van der Waals surface area (Å²) in [7, 11) is 0. The molecule has 0 spiro atoms. The summed E-state index contributed by atoms with van der Waals surface area (Å²) in [5.41, 5.74) is 6.31. The van der Waals surface area contributed by atoms with Gasteiger partial charge in [0, 0.05) is 6.54 Å². The second kappa shape index (κ2) is 4.45. The van der Waals surface area contributed by atoms with E-state index in [1.165, 1.54) is 18.2 Å². The second-order valence-corrected chi connectivity index (χ2v) is 2.80. The van der Waals surface area contributed by atoms with Crippen LogP contribution in [0.4, 0.5) is 15.8 Å². The first-order valence-corrected chi connectivity index (χ1v) is 4.10. The number of halogens is 1. The quantitative estimate of drug-likeness (QED) is 0.637. The van der Waals surface area contributed by atoms with Crippen LogP contribution in [-0.2, 0) is 4.79 Å². The fourth-order valence-corrected chi connectivity index (χ4v) is 0.999. The molecule has 1 aromatic carbocycles. The van der Waals surface area contributed by atoms with Gasteiger partial charge >= 0.3 is 5.97 Å². The minimum atomic E-state index is -0.891. The maximum absolute atomic E-state index is 12.6. The Balaban J connectivity index is 2.55. The molecule has 0 saturated heterocycles. The van der Waals surface area contributed by atoms with E-state index in [1.807, 2.05) is 0 Å². The minimum Gasteiger partial charge on any atom is -0.481 e. The second-order valence-electron chi connectivity index (χ2n) is 2.80. The standard InChI is InChI=1S/C9H11FN2O2/c10-6-1-2-8(7(11)5-6)12-4-3-9(13)14/h1-2,5,12H,3-4,11H2,(H,13,14). The van der Waals surface area contributed by atoms with Gasteiger partial charge in [0.2, 0.25) is 0 Å². The van der Waals surface area contributed by atoms with E-state index in [0.717, 1.165) is 0 Å². The zero-order chi connectivity index (χ0) is 10.6. The molecule has 0 radical (unpaired) electrons. The van der Waals surface area contributed by atoms with Gasteiger partial charge in [-0.2, -0.15) is 0 Å². The molecule has 14 heavy (non-hydrogen) atoms. The molecule has 0 amide bonds. The number of carboxylic acid groups (broad SMARTS) is 1. The molecule has 0 aliphatic rings. The van der Waals surface area contributed by atoms with Crippen molar-refractivity contribution in [3.63, 3.8) is 0 Å². The number of aliphatic carboxylic acids is 1. The maximum Gasteiger partial charge on any atom is 0.305 e. The lowest BCUT2D eigenvalue weighted by Gasteiger charge is -2.07. The van der Waals surface area contributed by atoms with Crippen LogP contribution in [0, 0.1) is 5.82 Å². The summed E-state index contributed by atoms with van der Waals surface area (Å²) in [5.74, 6) is -1.30. The molecule has 76 valence electrons. The fourth-order valence-electron chi connectivity index (χ4n) is 0.999. The summed E-state index contributed by atoms with van der Waals surface area (Å²) in [6.07, 6.45) is -0.00316. The highest BCUT2D eigenvalue weighted by Gasteiger charge is 2.01. The SMILES string of the molecule is Nc1cc(F)ccc1NCCC(=O)O. The van der Waals surface area contributed by atoms with Crippen LogP contribution in [0.1, 0.15) is 6.42 Å². The summed E-state index contributed by atoms with van der Waals surface area (Å²) >= 11 is 0. The Kier molecular flexibility index (Phi) is 3.28. The number of benzene rings is 1. The molecule has 0 saturated carbocycles. The molecule has 1 aromatic rings. The number of carbonyl (C=O) groups is 1.